The maximum absolute atomic E-state index is 7.13. The van der Waals surface area contributed by atoms with Crippen molar-refractivity contribution < 1.29 is 22.4 Å². The molecule has 0 amide bonds. The molecule has 4 N–H and O–H groups in total. The summed E-state index contributed by atoms with van der Waals surface area (Å²) in [5.41, 5.74) is 0. The molecule has 0 fully saturated rings. The molecule has 0 radical (unpaired) electrons. The number of nitrogens with zero attached hydrogens (tertiary/aromatic N) is 4. The van der Waals surface area contributed by atoms with E-state index < -0.39 is 0 Å². The van der Waals surface area contributed by atoms with Crippen molar-refractivity contribution in [1.82, 2.24) is 6.15 Å². The minimum absolute atomic E-state index is 0. The van der Waals surface area contributed by atoms with Crippen molar-refractivity contribution >= 4 is 50.5 Å². The SMILES string of the molecule is N#C[S-].N#C[S-].N#C[S-].N#C[S-].[Au+3].[NH4+]. The van der Waals surface area contributed by atoms with Crippen molar-refractivity contribution in [3.63, 3.8) is 0 Å². The number of hydrogen-bond acceptors (Lipinski definition) is 8. The monoisotopic (exact) mass is 447 g/mol. The molecule has 0 aliphatic heterocycles. The van der Waals surface area contributed by atoms with E-state index in [4.69, 9.17) is 21.0 Å². The van der Waals surface area contributed by atoms with Crippen LogP contribution in [0.2, 0.25) is 0 Å². The second kappa shape index (κ2) is 133. The van der Waals surface area contributed by atoms with E-state index in [1.807, 2.05) is 0 Å². The van der Waals surface area contributed by atoms with E-state index in [0.717, 1.165) is 0 Å². The van der Waals surface area contributed by atoms with Gasteiger partial charge in [0.15, 0.2) is 0 Å². The van der Waals surface area contributed by atoms with Gasteiger partial charge in [0.25, 0.3) is 0 Å². The van der Waals surface area contributed by atoms with Crippen LogP contribution in [0.1, 0.15) is 0 Å². The number of quaternary nitrogens is 1. The fraction of sp³-hybridized carbons (Fsp3) is 0. The van der Waals surface area contributed by atoms with Gasteiger partial charge in [-0.3, -0.25) is 0 Å². The van der Waals surface area contributed by atoms with Gasteiger partial charge in [0.05, 0.1) is 0 Å². The Balaban J connectivity index is -0.0000000145. The average molecular weight is 447 g/mol. The van der Waals surface area contributed by atoms with Crippen LogP contribution in [-0.2, 0) is 72.9 Å². The van der Waals surface area contributed by atoms with E-state index in [1.165, 1.54) is 21.6 Å². The van der Waals surface area contributed by atoms with Gasteiger partial charge in [0.1, 0.15) is 0 Å². The first-order chi connectivity index (χ1) is 5.66. The predicted molar refractivity (Wildman–Crippen MR) is 57.9 cm³/mol. The minimum atomic E-state index is 0. The third-order valence-corrected chi connectivity index (χ3v) is 0. The van der Waals surface area contributed by atoms with Crippen LogP contribution >= 0.6 is 0 Å². The Morgan fingerprint density at radius 1 is 0.571 bits per heavy atom. The predicted octanol–water partition coefficient (Wildman–Crippen LogP) is 0.431. The molecule has 0 aliphatic rings. The van der Waals surface area contributed by atoms with Crippen LogP contribution < -0.4 is 6.15 Å². The molecule has 0 aromatic heterocycles. The van der Waals surface area contributed by atoms with Crippen LogP contribution in [-0.4, -0.2) is 0 Å². The molecule has 0 aromatic carbocycles. The summed E-state index contributed by atoms with van der Waals surface area (Å²) in [6.07, 6.45) is 0. The quantitative estimate of drug-likeness (QED) is 0.321. The van der Waals surface area contributed by atoms with E-state index in [2.05, 4.69) is 50.5 Å². The Hall–Kier alpha value is -0.460. The standard InChI is InChI=1S/4CHNS.Au.H3N/c4*2-1-3;;/h4*3H;;1H3/q;;;;+3;/p-3. The van der Waals surface area contributed by atoms with Gasteiger partial charge in [-0.05, 0) is 0 Å². The summed E-state index contributed by atoms with van der Waals surface area (Å²) < 4.78 is 0. The van der Waals surface area contributed by atoms with Gasteiger partial charge in [-0.15, -0.1) is 0 Å². The second-order valence-electron chi connectivity index (χ2n) is 0.365. The van der Waals surface area contributed by atoms with E-state index >= 15 is 0 Å². The Kier molecular flexibility index (Phi) is 356. The maximum Gasteiger partial charge on any atom is 3.00 e. The second-order valence-corrected chi connectivity index (χ2v) is 1.10. The summed E-state index contributed by atoms with van der Waals surface area (Å²) in [4.78, 5) is 0. The Morgan fingerprint density at radius 3 is 0.571 bits per heavy atom. The number of nitriles is 4. The van der Waals surface area contributed by atoms with Gasteiger partial charge in [-0.25, -0.2) is 21.0 Å². The van der Waals surface area contributed by atoms with Crippen LogP contribution in [0.3, 0.4) is 0 Å². The van der Waals surface area contributed by atoms with Crippen molar-refractivity contribution in [2.45, 2.75) is 0 Å². The molecule has 5 nitrogen and oxygen atoms in total. The van der Waals surface area contributed by atoms with Crippen molar-refractivity contribution in [2.24, 2.45) is 0 Å². The van der Waals surface area contributed by atoms with E-state index in [-0.39, 0.29) is 28.5 Å². The molecular weight excluding hydrogens is 443 g/mol. The van der Waals surface area contributed by atoms with Crippen molar-refractivity contribution in [1.29, 1.82) is 21.0 Å². The van der Waals surface area contributed by atoms with Crippen molar-refractivity contribution in [3.8, 4) is 21.6 Å². The molecule has 0 saturated heterocycles. The molecular formula is C4H4AuN5S4. The normalized spacial score (nSPS) is 2.00. The zero-order valence-electron chi connectivity index (χ0n) is 6.72. The first kappa shape index (κ1) is 37.5. The molecule has 0 spiro atoms. The van der Waals surface area contributed by atoms with Gasteiger partial charge >= 0.3 is 22.4 Å². The van der Waals surface area contributed by atoms with E-state index in [0.29, 0.717) is 0 Å². The fourth-order valence-electron chi connectivity index (χ4n) is 0. The van der Waals surface area contributed by atoms with Crippen molar-refractivity contribution in [2.75, 3.05) is 0 Å². The molecule has 0 aromatic rings. The first-order valence-electron chi connectivity index (χ1n) is 1.71. The summed E-state index contributed by atoms with van der Waals surface area (Å²) in [7, 11) is 0. The Labute approximate surface area is 121 Å². The van der Waals surface area contributed by atoms with Gasteiger partial charge in [0, 0.05) is 0 Å². The third kappa shape index (κ3) is 6070. The summed E-state index contributed by atoms with van der Waals surface area (Å²) >= 11 is 14.8. The smallest absolute Gasteiger partial charge is 0.696 e. The zero-order chi connectivity index (χ0) is 10.8. The van der Waals surface area contributed by atoms with Gasteiger partial charge in [0.2, 0.25) is 0 Å². The summed E-state index contributed by atoms with van der Waals surface area (Å²) in [5.74, 6) is 0. The molecule has 10 heteroatoms. The van der Waals surface area contributed by atoms with Crippen LogP contribution in [0.15, 0.2) is 0 Å². The van der Waals surface area contributed by atoms with Gasteiger partial charge in [-0.1, -0.05) is 21.6 Å². The topological polar surface area (TPSA) is 132 Å². The molecule has 80 valence electrons. The molecule has 0 heterocycles. The van der Waals surface area contributed by atoms with Crippen LogP contribution in [0, 0.1) is 42.7 Å². The number of rotatable bonds is 0. The number of thiocyanates is 4. The molecule has 0 aliphatic carbocycles. The summed E-state index contributed by atoms with van der Waals surface area (Å²) in [6, 6.07) is 0. The molecule has 0 unspecified atom stereocenters. The van der Waals surface area contributed by atoms with E-state index in [9.17, 15) is 0 Å². The molecule has 0 atom stereocenters. The molecule has 14 heavy (non-hydrogen) atoms. The fourth-order valence-corrected chi connectivity index (χ4v) is 0. The molecule has 0 bridgehead atoms. The third-order valence-electron chi connectivity index (χ3n) is 0. The van der Waals surface area contributed by atoms with Gasteiger partial charge < -0.3 is 56.7 Å². The van der Waals surface area contributed by atoms with Crippen LogP contribution in [0.4, 0.5) is 0 Å². The molecule has 0 rings (SSSR count). The van der Waals surface area contributed by atoms with Crippen LogP contribution in [0.25, 0.3) is 0 Å². The zero-order valence-corrected chi connectivity index (χ0v) is 12.2. The number of hydrogen-bond donors (Lipinski definition) is 1. The maximum atomic E-state index is 7.13. The van der Waals surface area contributed by atoms with E-state index in [1.54, 1.807) is 0 Å². The summed E-state index contributed by atoms with van der Waals surface area (Å²) in [5, 5.41) is 33.9. The first-order valence-corrected chi connectivity index (χ1v) is 3.34. The summed E-state index contributed by atoms with van der Waals surface area (Å²) in [6.45, 7) is 0. The Morgan fingerprint density at radius 2 is 0.571 bits per heavy atom. The minimum Gasteiger partial charge on any atom is -0.696 e. The van der Waals surface area contributed by atoms with Crippen LogP contribution in [0.5, 0.6) is 0 Å². The largest absolute Gasteiger partial charge is 3.00 e. The Bertz CT molecular complexity index is 160. The van der Waals surface area contributed by atoms with Crippen molar-refractivity contribution in [3.05, 3.63) is 0 Å². The average Bonchev–Trinajstić information content (AvgIpc) is 1.92. The van der Waals surface area contributed by atoms with Gasteiger partial charge in [-0.2, -0.15) is 0 Å². The molecule has 0 saturated carbocycles.